The molecule has 2 nitrogen and oxygen atoms in total. The van der Waals surface area contributed by atoms with Crippen molar-refractivity contribution in [3.05, 3.63) is 61.5 Å². The summed E-state index contributed by atoms with van der Waals surface area (Å²) in [4.78, 5) is 0. The summed E-state index contributed by atoms with van der Waals surface area (Å²) in [6.07, 6.45) is 0. The van der Waals surface area contributed by atoms with Crippen LogP contribution in [0.4, 0.5) is 5.69 Å². The molecule has 0 heterocycles. The molecule has 1 atom stereocenters. The Bertz CT molecular complexity index is 630. The second-order valence-corrected chi connectivity index (χ2v) is 7.01. The molecule has 0 aliphatic heterocycles. The van der Waals surface area contributed by atoms with E-state index in [4.69, 9.17) is 5.73 Å². The van der Waals surface area contributed by atoms with Crippen molar-refractivity contribution in [2.45, 2.75) is 26.8 Å². The smallest absolute Gasteiger partial charge is 0.0636 e. The van der Waals surface area contributed by atoms with Crippen molar-refractivity contribution in [2.75, 3.05) is 11.9 Å². The maximum Gasteiger partial charge on any atom is 0.0636 e. The molecule has 0 bridgehead atoms. The van der Waals surface area contributed by atoms with Gasteiger partial charge in [-0.2, -0.15) is 0 Å². The molecule has 0 spiro atoms. The molecule has 0 amide bonds. The minimum atomic E-state index is 0.0990. The van der Waals surface area contributed by atoms with E-state index in [2.05, 4.69) is 88.3 Å². The van der Waals surface area contributed by atoms with Gasteiger partial charge < -0.3 is 11.1 Å². The molecule has 2 aromatic carbocycles. The average molecular weight is 412 g/mol. The zero-order valence-electron chi connectivity index (χ0n) is 12.5. The van der Waals surface area contributed by atoms with Crippen LogP contribution in [0.2, 0.25) is 0 Å². The molecule has 3 N–H and O–H groups in total. The Kier molecular flexibility index (Phi) is 5.47. The fourth-order valence-electron chi connectivity index (χ4n) is 2.33. The number of benzene rings is 2. The Morgan fingerprint density at radius 2 is 1.62 bits per heavy atom. The number of halogens is 2. The Balaban J connectivity index is 2.28. The first kappa shape index (κ1) is 16.5. The van der Waals surface area contributed by atoms with Crippen LogP contribution in [-0.2, 0) is 0 Å². The van der Waals surface area contributed by atoms with Gasteiger partial charge in [0.05, 0.1) is 6.04 Å². The van der Waals surface area contributed by atoms with Gasteiger partial charge in [0.25, 0.3) is 0 Å². The highest BCUT2D eigenvalue weighted by Gasteiger charge is 2.12. The summed E-state index contributed by atoms with van der Waals surface area (Å²) < 4.78 is 2.28. The molecule has 2 rings (SSSR count). The van der Waals surface area contributed by atoms with Crippen molar-refractivity contribution in [2.24, 2.45) is 5.73 Å². The Morgan fingerprint density at radius 1 is 1.00 bits per heavy atom. The summed E-state index contributed by atoms with van der Waals surface area (Å²) in [7, 11) is 0. The summed E-state index contributed by atoms with van der Waals surface area (Å²) in [6, 6.07) is 10.8. The van der Waals surface area contributed by atoms with Crippen LogP contribution in [0.3, 0.4) is 0 Å². The quantitative estimate of drug-likeness (QED) is 0.720. The van der Waals surface area contributed by atoms with Crippen LogP contribution < -0.4 is 11.1 Å². The highest BCUT2D eigenvalue weighted by atomic mass is 79.9. The fraction of sp³-hybridized carbons (Fsp3) is 0.294. The molecular formula is C17H20Br2N2. The monoisotopic (exact) mass is 410 g/mol. The molecule has 21 heavy (non-hydrogen) atoms. The summed E-state index contributed by atoms with van der Waals surface area (Å²) in [6.45, 7) is 6.83. The van der Waals surface area contributed by atoms with Crippen LogP contribution >= 0.6 is 31.9 Å². The second-order valence-electron chi connectivity index (χ2n) is 5.37. The molecule has 2 aromatic rings. The molecule has 0 saturated heterocycles. The van der Waals surface area contributed by atoms with Crippen molar-refractivity contribution in [1.29, 1.82) is 0 Å². The van der Waals surface area contributed by atoms with Gasteiger partial charge in [-0.15, -0.1) is 0 Å². The number of rotatable bonds is 4. The molecule has 1 unspecified atom stereocenters. The molecule has 0 saturated carbocycles. The van der Waals surface area contributed by atoms with E-state index in [0.717, 1.165) is 14.6 Å². The van der Waals surface area contributed by atoms with E-state index in [9.17, 15) is 0 Å². The zero-order chi connectivity index (χ0) is 15.6. The normalized spacial score (nSPS) is 12.3. The number of nitrogens with one attached hydrogen (secondary N) is 1. The van der Waals surface area contributed by atoms with Gasteiger partial charge in [0.15, 0.2) is 0 Å². The first-order chi connectivity index (χ1) is 9.92. The maximum atomic E-state index is 5.96. The predicted octanol–water partition coefficient (Wildman–Crippen LogP) is 5.25. The molecule has 0 radical (unpaired) electrons. The largest absolute Gasteiger partial charge is 0.377 e. The minimum absolute atomic E-state index is 0.0990. The van der Waals surface area contributed by atoms with E-state index in [1.807, 2.05) is 0 Å². The summed E-state index contributed by atoms with van der Waals surface area (Å²) in [5.74, 6) is 0. The van der Waals surface area contributed by atoms with Gasteiger partial charge in [-0.25, -0.2) is 0 Å². The first-order valence-electron chi connectivity index (χ1n) is 6.91. The minimum Gasteiger partial charge on any atom is -0.377 e. The molecule has 0 aliphatic rings. The van der Waals surface area contributed by atoms with Crippen molar-refractivity contribution in [3.63, 3.8) is 0 Å². The highest BCUT2D eigenvalue weighted by Crippen LogP contribution is 2.28. The van der Waals surface area contributed by atoms with E-state index in [1.54, 1.807) is 0 Å². The van der Waals surface area contributed by atoms with Crippen LogP contribution in [-0.4, -0.2) is 6.54 Å². The van der Waals surface area contributed by atoms with Crippen molar-refractivity contribution < 1.29 is 0 Å². The summed E-state index contributed by atoms with van der Waals surface area (Å²) in [5, 5.41) is 3.53. The maximum absolute atomic E-state index is 5.96. The van der Waals surface area contributed by atoms with E-state index in [0.29, 0.717) is 6.54 Å². The van der Waals surface area contributed by atoms with Crippen LogP contribution in [0.15, 0.2) is 39.3 Å². The average Bonchev–Trinajstić information content (AvgIpc) is 2.45. The van der Waals surface area contributed by atoms with Gasteiger partial charge in [0, 0.05) is 21.2 Å². The molecule has 4 heteroatoms. The Hall–Kier alpha value is -0.840. The molecule has 0 fully saturated rings. The van der Waals surface area contributed by atoms with Crippen molar-refractivity contribution in [1.82, 2.24) is 0 Å². The standard InChI is InChI=1S/C17H20Br2N2/c1-10-4-5-13(8-15(10)18)16(9-20)21-14-6-11(2)17(19)12(3)7-14/h4-8,16,21H,9,20H2,1-3H3. The summed E-state index contributed by atoms with van der Waals surface area (Å²) in [5.41, 5.74) is 11.9. The van der Waals surface area contributed by atoms with Crippen LogP contribution in [0.1, 0.15) is 28.3 Å². The van der Waals surface area contributed by atoms with Crippen molar-refractivity contribution >= 4 is 37.5 Å². The van der Waals surface area contributed by atoms with E-state index in [-0.39, 0.29) is 6.04 Å². The third kappa shape index (κ3) is 3.87. The van der Waals surface area contributed by atoms with Gasteiger partial charge in [0.2, 0.25) is 0 Å². The molecular weight excluding hydrogens is 392 g/mol. The lowest BCUT2D eigenvalue weighted by Gasteiger charge is -2.20. The molecule has 0 aliphatic carbocycles. The van der Waals surface area contributed by atoms with Crippen LogP contribution in [0.5, 0.6) is 0 Å². The van der Waals surface area contributed by atoms with Gasteiger partial charge in [0.1, 0.15) is 0 Å². The van der Waals surface area contributed by atoms with E-state index >= 15 is 0 Å². The van der Waals surface area contributed by atoms with E-state index in [1.165, 1.54) is 22.3 Å². The van der Waals surface area contributed by atoms with Crippen LogP contribution in [0, 0.1) is 20.8 Å². The lowest BCUT2D eigenvalue weighted by Crippen LogP contribution is -2.20. The summed E-state index contributed by atoms with van der Waals surface area (Å²) >= 11 is 7.19. The third-order valence-corrected chi connectivity index (χ3v) is 5.72. The SMILES string of the molecule is Cc1ccc(C(CN)Nc2cc(C)c(Br)c(C)c2)cc1Br. The number of anilines is 1. The van der Waals surface area contributed by atoms with Gasteiger partial charge in [-0.1, -0.05) is 44.0 Å². The van der Waals surface area contributed by atoms with Gasteiger partial charge in [-0.05, 0) is 61.2 Å². The fourth-order valence-corrected chi connectivity index (χ4v) is 2.96. The van der Waals surface area contributed by atoms with Crippen LogP contribution in [0.25, 0.3) is 0 Å². The highest BCUT2D eigenvalue weighted by molar-refractivity contribution is 9.10. The van der Waals surface area contributed by atoms with E-state index < -0.39 is 0 Å². The number of nitrogens with two attached hydrogens (primary N) is 1. The number of hydrogen-bond donors (Lipinski definition) is 2. The molecule has 0 aromatic heterocycles. The van der Waals surface area contributed by atoms with Gasteiger partial charge >= 0.3 is 0 Å². The van der Waals surface area contributed by atoms with Gasteiger partial charge in [-0.3, -0.25) is 0 Å². The Morgan fingerprint density at radius 3 is 2.14 bits per heavy atom. The predicted molar refractivity (Wildman–Crippen MR) is 97.9 cm³/mol. The lowest BCUT2D eigenvalue weighted by atomic mass is 10.0. The third-order valence-electron chi connectivity index (χ3n) is 3.61. The number of hydrogen-bond acceptors (Lipinski definition) is 2. The van der Waals surface area contributed by atoms with Crippen molar-refractivity contribution in [3.8, 4) is 0 Å². The number of aryl methyl sites for hydroxylation is 3. The zero-order valence-corrected chi connectivity index (χ0v) is 15.7. The lowest BCUT2D eigenvalue weighted by molar-refractivity contribution is 0.788. The molecule has 112 valence electrons. The first-order valence-corrected chi connectivity index (χ1v) is 8.50. The topological polar surface area (TPSA) is 38.0 Å². The Labute approximate surface area is 143 Å². The second kappa shape index (κ2) is 6.95.